The van der Waals surface area contributed by atoms with Crippen LogP contribution in [0.2, 0.25) is 18.1 Å². The highest BCUT2D eigenvalue weighted by Gasteiger charge is 2.51. The van der Waals surface area contributed by atoms with Crippen LogP contribution in [0, 0.1) is 0 Å². The van der Waals surface area contributed by atoms with Gasteiger partial charge in [0.05, 0.1) is 56.4 Å². The van der Waals surface area contributed by atoms with E-state index in [0.29, 0.717) is 32.7 Å². The Morgan fingerprint density at radius 3 is 1.44 bits per heavy atom. The fourth-order valence-electron chi connectivity index (χ4n) is 8.38. The van der Waals surface area contributed by atoms with E-state index in [-0.39, 0.29) is 34.9 Å². The lowest BCUT2D eigenvalue weighted by Gasteiger charge is -2.49. The number of rotatable bonds is 18. The Morgan fingerprint density at radius 2 is 0.953 bits per heavy atom. The summed E-state index contributed by atoms with van der Waals surface area (Å²) in [5, 5.41) is 0.0176. The highest BCUT2D eigenvalue weighted by molar-refractivity contribution is 7.99. The predicted molar refractivity (Wildman–Crippen MR) is 252 cm³/mol. The van der Waals surface area contributed by atoms with Gasteiger partial charge in [0.1, 0.15) is 29.9 Å². The van der Waals surface area contributed by atoms with Gasteiger partial charge >= 0.3 is 0 Å². The van der Waals surface area contributed by atoms with E-state index >= 15 is 0 Å². The topological polar surface area (TPSA) is 92.3 Å². The standard InChI is InChI=1S/C52H70O10SSi/c1-35-46(60-44-31-43(55-33-39-24-16-11-17-25-39)47(36(2)58-44)62-64(8,9)52(4,5)6)42(54-32-38-22-14-10-15-23-38)30-45(57-35)61-48-37(3)59-51(63-41-28-20-13-21-29-41)50(53-7)49(48)56-34-40-26-18-12-19-27-40/h10-29,35-37,42-51H,30-34H2,1-9H3/t35-,36-,37-,42+,43+,44+,45+,46-,47-,48-,49-,50-,51-/m1/s1. The van der Waals surface area contributed by atoms with Gasteiger partial charge in [0.15, 0.2) is 20.9 Å². The highest BCUT2D eigenvalue weighted by atomic mass is 32.2. The molecule has 0 spiro atoms. The zero-order valence-electron chi connectivity index (χ0n) is 39.1. The fraction of sp³-hybridized carbons (Fsp3) is 0.538. The minimum Gasteiger partial charge on any atom is -0.409 e. The van der Waals surface area contributed by atoms with Gasteiger partial charge in [-0.15, -0.1) is 0 Å². The zero-order chi connectivity index (χ0) is 45.3. The van der Waals surface area contributed by atoms with Gasteiger partial charge < -0.3 is 47.1 Å². The summed E-state index contributed by atoms with van der Waals surface area (Å²) in [5.74, 6) is 0. The average molecular weight is 915 g/mol. The summed E-state index contributed by atoms with van der Waals surface area (Å²) >= 11 is 1.62. The molecule has 64 heavy (non-hydrogen) atoms. The van der Waals surface area contributed by atoms with E-state index in [9.17, 15) is 0 Å². The third-order valence-corrected chi connectivity index (χ3v) is 18.6. The lowest BCUT2D eigenvalue weighted by Crippen LogP contribution is -2.61. The maximum Gasteiger partial charge on any atom is 0.192 e. The third-order valence-electron chi connectivity index (χ3n) is 13.0. The van der Waals surface area contributed by atoms with Gasteiger partial charge in [0.25, 0.3) is 0 Å². The monoisotopic (exact) mass is 914 g/mol. The molecular weight excluding hydrogens is 845 g/mol. The molecule has 7 rings (SSSR count). The van der Waals surface area contributed by atoms with E-state index in [4.69, 9.17) is 47.1 Å². The van der Waals surface area contributed by atoms with Crippen LogP contribution in [0.15, 0.2) is 126 Å². The van der Waals surface area contributed by atoms with Gasteiger partial charge in [-0.2, -0.15) is 0 Å². The molecule has 0 aromatic heterocycles. The molecule has 0 amide bonds. The molecule has 3 heterocycles. The maximum atomic E-state index is 7.06. The number of ether oxygens (including phenoxy) is 9. The normalized spacial score (nSPS) is 31.4. The van der Waals surface area contributed by atoms with Crippen LogP contribution in [0.1, 0.15) is 71.1 Å². The van der Waals surface area contributed by atoms with Crippen molar-refractivity contribution in [2.24, 2.45) is 0 Å². The van der Waals surface area contributed by atoms with Gasteiger partial charge in [0.2, 0.25) is 0 Å². The van der Waals surface area contributed by atoms with Crippen molar-refractivity contribution in [3.05, 3.63) is 138 Å². The smallest absolute Gasteiger partial charge is 0.192 e. The fourth-order valence-corrected chi connectivity index (χ4v) is 11.0. The predicted octanol–water partition coefficient (Wildman–Crippen LogP) is 10.7. The van der Waals surface area contributed by atoms with Crippen LogP contribution in [0.4, 0.5) is 0 Å². The second kappa shape index (κ2) is 22.7. The van der Waals surface area contributed by atoms with E-state index in [1.807, 2.05) is 86.6 Å². The number of hydrogen-bond acceptors (Lipinski definition) is 11. The van der Waals surface area contributed by atoms with E-state index < -0.39 is 57.5 Å². The van der Waals surface area contributed by atoms with Crippen molar-refractivity contribution in [2.45, 2.75) is 176 Å². The van der Waals surface area contributed by atoms with E-state index in [2.05, 4.69) is 89.3 Å². The lowest BCUT2D eigenvalue weighted by atomic mass is 9.98. The summed E-state index contributed by atoms with van der Waals surface area (Å²) in [4.78, 5) is 1.08. The molecule has 3 saturated heterocycles. The molecular formula is C52H70O10SSi. The lowest BCUT2D eigenvalue weighted by molar-refractivity contribution is -0.336. The molecule has 10 nitrogen and oxygen atoms in total. The Hall–Kier alpha value is -2.95. The minimum absolute atomic E-state index is 0.0176. The van der Waals surface area contributed by atoms with Crippen molar-refractivity contribution in [3.63, 3.8) is 0 Å². The molecule has 348 valence electrons. The minimum atomic E-state index is -2.18. The summed E-state index contributed by atoms with van der Waals surface area (Å²) < 4.78 is 67.8. The Kier molecular flexibility index (Phi) is 17.4. The van der Waals surface area contributed by atoms with Crippen molar-refractivity contribution >= 4 is 20.1 Å². The van der Waals surface area contributed by atoms with E-state index in [0.717, 1.165) is 21.6 Å². The summed E-state index contributed by atoms with van der Waals surface area (Å²) in [7, 11) is -0.475. The van der Waals surface area contributed by atoms with Crippen LogP contribution < -0.4 is 0 Å². The molecule has 0 bridgehead atoms. The zero-order valence-corrected chi connectivity index (χ0v) is 40.9. The van der Waals surface area contributed by atoms with Crippen LogP contribution >= 0.6 is 11.8 Å². The molecule has 0 radical (unpaired) electrons. The number of thioether (sulfide) groups is 1. The Balaban J connectivity index is 1.10. The quantitative estimate of drug-likeness (QED) is 0.0894. The average Bonchev–Trinajstić information content (AvgIpc) is 3.28. The van der Waals surface area contributed by atoms with Crippen molar-refractivity contribution in [3.8, 4) is 0 Å². The number of benzene rings is 4. The van der Waals surface area contributed by atoms with Crippen molar-refractivity contribution in [1.29, 1.82) is 0 Å². The van der Waals surface area contributed by atoms with Crippen LogP contribution in [0.3, 0.4) is 0 Å². The third kappa shape index (κ3) is 12.9. The molecule has 12 heteroatoms. The first-order valence-corrected chi connectivity index (χ1v) is 26.7. The summed E-state index contributed by atoms with van der Waals surface area (Å²) in [5.41, 5.74) is 2.89. The van der Waals surface area contributed by atoms with Gasteiger partial charge in [-0.25, -0.2) is 0 Å². The molecule has 0 unspecified atom stereocenters. The Bertz CT molecular complexity index is 1960. The molecule has 4 aromatic rings. The maximum absolute atomic E-state index is 7.06. The van der Waals surface area contributed by atoms with Gasteiger partial charge in [0, 0.05) is 24.8 Å². The van der Waals surface area contributed by atoms with Crippen molar-refractivity contribution in [2.75, 3.05) is 7.11 Å². The second-order valence-corrected chi connectivity index (χ2v) is 24.8. The number of hydrogen-bond donors (Lipinski definition) is 0. The Labute approximate surface area is 387 Å². The van der Waals surface area contributed by atoms with Crippen LogP contribution in [-0.4, -0.2) is 94.5 Å². The molecule has 3 aliphatic rings. The molecule has 13 atom stereocenters. The summed E-state index contributed by atoms with van der Waals surface area (Å²) in [6.07, 6.45) is -4.24. The molecule has 0 saturated carbocycles. The van der Waals surface area contributed by atoms with Gasteiger partial charge in [-0.05, 0) is 67.7 Å². The van der Waals surface area contributed by atoms with Crippen molar-refractivity contribution < 1.29 is 47.1 Å². The molecule has 4 aromatic carbocycles. The summed E-state index contributed by atoms with van der Waals surface area (Å²) in [6.45, 7) is 18.7. The summed E-state index contributed by atoms with van der Waals surface area (Å²) in [6, 6.07) is 40.9. The first-order valence-electron chi connectivity index (χ1n) is 22.9. The molecule has 0 N–H and O–H groups in total. The SMILES string of the molecule is CO[C@@H]1[C@H](OCc2ccccc2)[C@H](O[C@H]2C[C@H](OCc3ccccc3)[C@H](O[C@H]3C[C@H](OCc4ccccc4)[C@H](O[Si](C)(C)C(C)(C)C)[C@@H](C)O3)[C@@H](C)O2)[C@@H](C)O[C@@H]1Sc1ccccc1. The Morgan fingerprint density at radius 1 is 0.531 bits per heavy atom. The second-order valence-electron chi connectivity index (χ2n) is 18.8. The highest BCUT2D eigenvalue weighted by Crippen LogP contribution is 2.42. The molecule has 3 aliphatic heterocycles. The first kappa shape index (κ1) is 49.0. The van der Waals surface area contributed by atoms with E-state index in [1.165, 1.54) is 0 Å². The largest absolute Gasteiger partial charge is 0.409 e. The van der Waals surface area contributed by atoms with Crippen LogP contribution in [0.5, 0.6) is 0 Å². The van der Waals surface area contributed by atoms with Crippen LogP contribution in [-0.2, 0) is 66.9 Å². The molecule has 3 fully saturated rings. The van der Waals surface area contributed by atoms with E-state index in [1.54, 1.807) is 18.9 Å². The number of methoxy groups -OCH3 is 1. The van der Waals surface area contributed by atoms with Gasteiger partial charge in [-0.3, -0.25) is 0 Å². The van der Waals surface area contributed by atoms with Gasteiger partial charge in [-0.1, -0.05) is 142 Å². The first-order chi connectivity index (χ1) is 30.8. The van der Waals surface area contributed by atoms with Crippen molar-refractivity contribution in [1.82, 2.24) is 0 Å². The molecule has 0 aliphatic carbocycles. The van der Waals surface area contributed by atoms with Crippen LogP contribution in [0.25, 0.3) is 0 Å².